The molecule has 1 fully saturated rings. The highest BCUT2D eigenvalue weighted by atomic mass is 19.1. The van der Waals surface area contributed by atoms with Crippen LogP contribution in [0.4, 0.5) is 4.39 Å². The van der Waals surface area contributed by atoms with Crippen molar-refractivity contribution in [1.29, 1.82) is 0 Å². The van der Waals surface area contributed by atoms with Crippen LogP contribution in [0.5, 0.6) is 5.75 Å². The van der Waals surface area contributed by atoms with Crippen molar-refractivity contribution in [1.82, 2.24) is 5.32 Å². The molecule has 1 aromatic rings. The largest absolute Gasteiger partial charge is 0.496 e. The molecule has 2 unspecified atom stereocenters. The topological polar surface area (TPSA) is 21.3 Å². The van der Waals surface area contributed by atoms with Crippen molar-refractivity contribution in [3.8, 4) is 5.75 Å². The molecule has 2 atom stereocenters. The maximum absolute atomic E-state index is 13.3. The van der Waals surface area contributed by atoms with Gasteiger partial charge in [0, 0.05) is 11.6 Å². The lowest BCUT2D eigenvalue weighted by molar-refractivity contribution is 0.314. The first-order chi connectivity index (χ1) is 7.70. The van der Waals surface area contributed by atoms with Crippen LogP contribution in [0.3, 0.4) is 0 Å². The third kappa shape index (κ3) is 2.35. The molecule has 0 aliphatic carbocycles. The molecule has 88 valence electrons. The van der Waals surface area contributed by atoms with E-state index in [-0.39, 0.29) is 11.9 Å². The van der Waals surface area contributed by atoms with Gasteiger partial charge >= 0.3 is 0 Å². The first kappa shape index (κ1) is 11.4. The van der Waals surface area contributed by atoms with E-state index < -0.39 is 0 Å². The highest BCUT2D eigenvalue weighted by Crippen LogP contribution is 2.32. The lowest BCUT2D eigenvalue weighted by Gasteiger charge is -2.29. The van der Waals surface area contributed by atoms with Crippen LogP contribution in [0, 0.1) is 11.7 Å². The van der Waals surface area contributed by atoms with Gasteiger partial charge in [0.15, 0.2) is 0 Å². The number of rotatable bonds is 2. The highest BCUT2D eigenvalue weighted by Gasteiger charge is 2.22. The van der Waals surface area contributed by atoms with E-state index in [1.807, 2.05) is 0 Å². The summed E-state index contributed by atoms with van der Waals surface area (Å²) in [6.45, 7) is 3.23. The first-order valence-electron chi connectivity index (χ1n) is 5.77. The summed E-state index contributed by atoms with van der Waals surface area (Å²) in [5.74, 6) is 1.25. The second kappa shape index (κ2) is 4.83. The van der Waals surface area contributed by atoms with Crippen LogP contribution in [0.15, 0.2) is 18.2 Å². The van der Waals surface area contributed by atoms with Crippen LogP contribution in [-0.2, 0) is 0 Å². The summed E-state index contributed by atoms with van der Waals surface area (Å²) in [6.07, 6.45) is 2.23. The second-order valence-electron chi connectivity index (χ2n) is 4.52. The molecule has 1 heterocycles. The first-order valence-corrected chi connectivity index (χ1v) is 5.77. The number of hydrogen-bond donors (Lipinski definition) is 1. The summed E-state index contributed by atoms with van der Waals surface area (Å²) in [5, 5.41) is 3.42. The van der Waals surface area contributed by atoms with Crippen molar-refractivity contribution in [2.45, 2.75) is 25.8 Å². The van der Waals surface area contributed by atoms with E-state index in [0.29, 0.717) is 5.92 Å². The van der Waals surface area contributed by atoms with Gasteiger partial charge in [-0.05, 0) is 43.5 Å². The Morgan fingerprint density at radius 1 is 1.44 bits per heavy atom. The molecule has 0 saturated carbocycles. The molecule has 0 spiro atoms. The molecule has 3 heteroatoms. The van der Waals surface area contributed by atoms with Crippen molar-refractivity contribution in [2.24, 2.45) is 5.92 Å². The predicted molar refractivity (Wildman–Crippen MR) is 62.1 cm³/mol. The Morgan fingerprint density at radius 2 is 2.25 bits per heavy atom. The summed E-state index contributed by atoms with van der Waals surface area (Å²) in [5.41, 5.74) is 0.939. The van der Waals surface area contributed by atoms with Crippen LogP contribution >= 0.6 is 0 Å². The standard InChI is InChI=1S/C13H18FNO/c1-9-5-6-15-12(7-9)11-8-10(14)3-4-13(11)16-2/h3-4,8-9,12,15H,5-7H2,1-2H3. The number of piperidine rings is 1. The van der Waals surface area contributed by atoms with E-state index >= 15 is 0 Å². The summed E-state index contributed by atoms with van der Waals surface area (Å²) < 4.78 is 18.5. The van der Waals surface area contributed by atoms with Crippen molar-refractivity contribution >= 4 is 0 Å². The zero-order chi connectivity index (χ0) is 11.5. The van der Waals surface area contributed by atoms with Crippen LogP contribution in [-0.4, -0.2) is 13.7 Å². The van der Waals surface area contributed by atoms with Gasteiger partial charge in [0.25, 0.3) is 0 Å². The zero-order valence-corrected chi connectivity index (χ0v) is 9.79. The quantitative estimate of drug-likeness (QED) is 0.832. The van der Waals surface area contributed by atoms with Gasteiger partial charge in [0.1, 0.15) is 11.6 Å². The lowest BCUT2D eigenvalue weighted by atomic mass is 9.89. The maximum atomic E-state index is 13.3. The van der Waals surface area contributed by atoms with Crippen molar-refractivity contribution in [3.05, 3.63) is 29.6 Å². The fourth-order valence-electron chi connectivity index (χ4n) is 2.32. The number of nitrogens with one attached hydrogen (secondary N) is 1. The van der Waals surface area contributed by atoms with Gasteiger partial charge in [0.2, 0.25) is 0 Å². The van der Waals surface area contributed by atoms with Gasteiger partial charge < -0.3 is 10.1 Å². The molecule has 1 N–H and O–H groups in total. The Morgan fingerprint density at radius 3 is 2.94 bits per heavy atom. The minimum Gasteiger partial charge on any atom is -0.496 e. The predicted octanol–water partition coefficient (Wildman–Crippen LogP) is 2.89. The number of benzene rings is 1. The molecule has 1 aliphatic rings. The number of methoxy groups -OCH3 is 1. The van der Waals surface area contributed by atoms with E-state index in [2.05, 4.69) is 12.2 Å². The van der Waals surface area contributed by atoms with E-state index in [0.717, 1.165) is 24.3 Å². The molecule has 1 saturated heterocycles. The van der Waals surface area contributed by atoms with Crippen LogP contribution in [0.25, 0.3) is 0 Å². The normalized spacial score (nSPS) is 25.4. The Labute approximate surface area is 95.8 Å². The Kier molecular flexibility index (Phi) is 3.44. The van der Waals surface area contributed by atoms with Crippen LogP contribution in [0.2, 0.25) is 0 Å². The van der Waals surface area contributed by atoms with Gasteiger partial charge in [-0.25, -0.2) is 4.39 Å². The average molecular weight is 223 g/mol. The van der Waals surface area contributed by atoms with Crippen molar-refractivity contribution in [3.63, 3.8) is 0 Å². The smallest absolute Gasteiger partial charge is 0.123 e. The molecule has 0 bridgehead atoms. The molecule has 2 rings (SSSR count). The molecule has 2 nitrogen and oxygen atoms in total. The number of halogens is 1. The van der Waals surface area contributed by atoms with E-state index in [1.54, 1.807) is 19.2 Å². The number of hydrogen-bond acceptors (Lipinski definition) is 2. The highest BCUT2D eigenvalue weighted by molar-refractivity contribution is 5.36. The second-order valence-corrected chi connectivity index (χ2v) is 4.52. The molecule has 16 heavy (non-hydrogen) atoms. The van der Waals surface area contributed by atoms with Gasteiger partial charge in [0.05, 0.1) is 7.11 Å². The van der Waals surface area contributed by atoms with Gasteiger partial charge in [-0.15, -0.1) is 0 Å². The third-order valence-corrected chi connectivity index (χ3v) is 3.23. The minimum absolute atomic E-state index is 0.198. The summed E-state index contributed by atoms with van der Waals surface area (Å²) >= 11 is 0. The van der Waals surface area contributed by atoms with Crippen LogP contribution in [0.1, 0.15) is 31.4 Å². The Bertz CT molecular complexity index is 367. The molecular weight excluding hydrogens is 205 g/mol. The minimum atomic E-state index is -0.198. The monoisotopic (exact) mass is 223 g/mol. The molecule has 0 aromatic heterocycles. The summed E-state index contributed by atoms with van der Waals surface area (Å²) in [7, 11) is 1.63. The summed E-state index contributed by atoms with van der Waals surface area (Å²) in [6, 6.07) is 4.93. The number of ether oxygens (including phenoxy) is 1. The fourth-order valence-corrected chi connectivity index (χ4v) is 2.32. The van der Waals surface area contributed by atoms with Gasteiger partial charge in [-0.1, -0.05) is 6.92 Å². The van der Waals surface area contributed by atoms with E-state index in [1.165, 1.54) is 12.5 Å². The zero-order valence-electron chi connectivity index (χ0n) is 9.79. The molecule has 0 amide bonds. The molecule has 1 aliphatic heterocycles. The molecule has 1 aromatic carbocycles. The van der Waals surface area contributed by atoms with Gasteiger partial charge in [-0.3, -0.25) is 0 Å². The van der Waals surface area contributed by atoms with E-state index in [9.17, 15) is 4.39 Å². The molecular formula is C13H18FNO. The fraction of sp³-hybridized carbons (Fsp3) is 0.538. The van der Waals surface area contributed by atoms with Crippen molar-refractivity contribution in [2.75, 3.05) is 13.7 Å². The Balaban J connectivity index is 2.26. The SMILES string of the molecule is COc1ccc(F)cc1C1CC(C)CCN1. The van der Waals surface area contributed by atoms with Gasteiger partial charge in [-0.2, -0.15) is 0 Å². The average Bonchev–Trinajstić information content (AvgIpc) is 2.29. The van der Waals surface area contributed by atoms with Crippen LogP contribution < -0.4 is 10.1 Å². The Hall–Kier alpha value is -1.09. The van der Waals surface area contributed by atoms with Crippen molar-refractivity contribution < 1.29 is 9.13 Å². The molecule has 0 radical (unpaired) electrons. The maximum Gasteiger partial charge on any atom is 0.123 e. The summed E-state index contributed by atoms with van der Waals surface area (Å²) in [4.78, 5) is 0. The lowest BCUT2D eigenvalue weighted by Crippen LogP contribution is -2.31. The third-order valence-electron chi connectivity index (χ3n) is 3.23. The van der Waals surface area contributed by atoms with E-state index in [4.69, 9.17) is 4.74 Å².